The van der Waals surface area contributed by atoms with Gasteiger partial charge in [-0.2, -0.15) is 0 Å². The minimum Gasteiger partial charge on any atom is -0.305 e. The van der Waals surface area contributed by atoms with E-state index in [0.29, 0.717) is 0 Å². The molecule has 1 aliphatic heterocycles. The van der Waals surface area contributed by atoms with Crippen molar-refractivity contribution in [3.8, 4) is 0 Å². The summed E-state index contributed by atoms with van der Waals surface area (Å²) >= 11 is 0. The van der Waals surface area contributed by atoms with Crippen molar-refractivity contribution in [3.63, 3.8) is 0 Å². The lowest BCUT2D eigenvalue weighted by Gasteiger charge is -2.37. The van der Waals surface area contributed by atoms with E-state index < -0.39 is 0 Å². The maximum atomic E-state index is 13.6. The van der Waals surface area contributed by atoms with Gasteiger partial charge in [-0.3, -0.25) is 0 Å². The topological polar surface area (TPSA) is 12.0 Å². The van der Waals surface area contributed by atoms with E-state index >= 15 is 0 Å². The molecule has 0 unspecified atom stereocenters. The van der Waals surface area contributed by atoms with Crippen molar-refractivity contribution < 1.29 is 4.39 Å². The normalized spacial score (nSPS) is 25.1. The average Bonchev–Trinajstić information content (AvgIpc) is 2.17. The molecular weight excluding hydrogens is 189 g/mol. The number of benzene rings is 1. The lowest BCUT2D eigenvalue weighted by Crippen LogP contribution is -2.45. The van der Waals surface area contributed by atoms with Crippen molar-refractivity contribution in [1.82, 2.24) is 5.32 Å². The summed E-state index contributed by atoms with van der Waals surface area (Å²) in [4.78, 5) is 0. The van der Waals surface area contributed by atoms with Crippen molar-refractivity contribution in [2.24, 2.45) is 0 Å². The van der Waals surface area contributed by atoms with Crippen LogP contribution in [0.5, 0.6) is 0 Å². The highest BCUT2D eigenvalue weighted by Gasteiger charge is 2.28. The standard InChI is InChI=1S/C13H17FN/c1-13(2)9-5-8-12(15-13)10-6-3-4-7-11(10)14/h3,6-7,12,15H,5,8-9H2,1-2H3/t12-/m1/s1. The molecule has 1 saturated heterocycles. The van der Waals surface area contributed by atoms with Gasteiger partial charge in [0.2, 0.25) is 0 Å². The van der Waals surface area contributed by atoms with Crippen molar-refractivity contribution in [1.29, 1.82) is 0 Å². The molecule has 1 atom stereocenters. The van der Waals surface area contributed by atoms with Gasteiger partial charge in [-0.15, -0.1) is 0 Å². The van der Waals surface area contributed by atoms with Crippen LogP contribution in [0.2, 0.25) is 0 Å². The predicted molar refractivity (Wildman–Crippen MR) is 59.0 cm³/mol. The molecule has 81 valence electrons. The van der Waals surface area contributed by atoms with E-state index in [1.807, 2.05) is 6.07 Å². The molecule has 0 saturated carbocycles. The Kier molecular flexibility index (Phi) is 2.79. The van der Waals surface area contributed by atoms with Crippen LogP contribution in [0, 0.1) is 11.9 Å². The number of piperidine rings is 1. The Labute approximate surface area is 90.7 Å². The van der Waals surface area contributed by atoms with Crippen LogP contribution < -0.4 is 5.32 Å². The van der Waals surface area contributed by atoms with Gasteiger partial charge in [0.25, 0.3) is 0 Å². The van der Waals surface area contributed by atoms with E-state index in [1.54, 1.807) is 6.07 Å². The second-order valence-electron chi connectivity index (χ2n) is 4.92. The zero-order chi connectivity index (χ0) is 10.9. The van der Waals surface area contributed by atoms with Crippen molar-refractivity contribution >= 4 is 0 Å². The average molecular weight is 206 g/mol. The molecule has 0 spiro atoms. The minimum absolute atomic E-state index is 0.120. The molecular formula is C13H17FN. The summed E-state index contributed by atoms with van der Waals surface area (Å²) in [6.07, 6.45) is 3.33. The lowest BCUT2D eigenvalue weighted by molar-refractivity contribution is 0.242. The number of rotatable bonds is 1. The summed E-state index contributed by atoms with van der Waals surface area (Å²) in [7, 11) is 0. The Morgan fingerprint density at radius 2 is 2.33 bits per heavy atom. The zero-order valence-corrected chi connectivity index (χ0v) is 9.31. The van der Waals surface area contributed by atoms with E-state index in [-0.39, 0.29) is 17.4 Å². The molecule has 0 aliphatic carbocycles. The molecule has 2 rings (SSSR count). The Morgan fingerprint density at radius 1 is 1.53 bits per heavy atom. The summed E-state index contributed by atoms with van der Waals surface area (Å²) < 4.78 is 13.6. The van der Waals surface area contributed by atoms with Crippen molar-refractivity contribution in [2.45, 2.75) is 44.7 Å². The summed E-state index contributed by atoms with van der Waals surface area (Å²) in [6.45, 7) is 4.35. The minimum atomic E-state index is -0.146. The fraction of sp³-hybridized carbons (Fsp3) is 0.538. The molecule has 0 bridgehead atoms. The molecule has 1 heterocycles. The van der Waals surface area contributed by atoms with Gasteiger partial charge in [0.15, 0.2) is 0 Å². The van der Waals surface area contributed by atoms with E-state index in [1.165, 1.54) is 6.07 Å². The second-order valence-corrected chi connectivity index (χ2v) is 4.92. The number of hydrogen-bond acceptors (Lipinski definition) is 1. The first-order valence-corrected chi connectivity index (χ1v) is 5.52. The SMILES string of the molecule is CC1(C)CCC[C@H](c2cc[c]cc2F)N1. The van der Waals surface area contributed by atoms with Crippen LogP contribution in [0.1, 0.15) is 44.7 Å². The first-order valence-electron chi connectivity index (χ1n) is 5.52. The lowest BCUT2D eigenvalue weighted by atomic mass is 9.86. The Balaban J connectivity index is 2.21. The third-order valence-electron chi connectivity index (χ3n) is 3.08. The van der Waals surface area contributed by atoms with E-state index in [0.717, 1.165) is 24.8 Å². The van der Waals surface area contributed by atoms with Crippen LogP contribution in [-0.4, -0.2) is 5.54 Å². The first-order chi connectivity index (χ1) is 7.08. The van der Waals surface area contributed by atoms with Gasteiger partial charge < -0.3 is 5.32 Å². The van der Waals surface area contributed by atoms with E-state index in [4.69, 9.17) is 0 Å². The predicted octanol–water partition coefficient (Wildman–Crippen LogP) is 3.22. The van der Waals surface area contributed by atoms with Gasteiger partial charge in [0.1, 0.15) is 5.82 Å². The number of halogens is 1. The smallest absolute Gasteiger partial charge is 0.128 e. The van der Waals surface area contributed by atoms with Gasteiger partial charge in [-0.05, 0) is 45.2 Å². The van der Waals surface area contributed by atoms with Gasteiger partial charge in [0.05, 0.1) is 0 Å². The fourth-order valence-electron chi connectivity index (χ4n) is 2.30. The highest BCUT2D eigenvalue weighted by atomic mass is 19.1. The number of hydrogen-bond donors (Lipinski definition) is 1. The molecule has 1 aromatic carbocycles. The van der Waals surface area contributed by atoms with Crippen LogP contribution in [-0.2, 0) is 0 Å². The molecule has 15 heavy (non-hydrogen) atoms. The second kappa shape index (κ2) is 3.93. The van der Waals surface area contributed by atoms with Gasteiger partial charge in [-0.25, -0.2) is 4.39 Å². The summed E-state index contributed by atoms with van der Waals surface area (Å²) in [5, 5.41) is 3.50. The van der Waals surface area contributed by atoms with Crippen LogP contribution in [0.4, 0.5) is 4.39 Å². The largest absolute Gasteiger partial charge is 0.305 e. The van der Waals surface area contributed by atoms with Gasteiger partial charge >= 0.3 is 0 Å². The fourth-order valence-corrected chi connectivity index (χ4v) is 2.30. The molecule has 0 aromatic heterocycles. The Morgan fingerprint density at radius 3 is 3.00 bits per heavy atom. The highest BCUT2D eigenvalue weighted by Crippen LogP contribution is 2.31. The maximum Gasteiger partial charge on any atom is 0.128 e. The molecule has 0 amide bonds. The molecule has 1 aliphatic rings. The third-order valence-corrected chi connectivity index (χ3v) is 3.08. The van der Waals surface area contributed by atoms with Crippen molar-refractivity contribution in [3.05, 3.63) is 35.6 Å². The summed E-state index contributed by atoms with van der Waals surface area (Å²) in [5.41, 5.74) is 0.899. The first kappa shape index (κ1) is 10.6. The third kappa shape index (κ3) is 2.37. The Hall–Kier alpha value is -0.890. The monoisotopic (exact) mass is 206 g/mol. The summed E-state index contributed by atoms with van der Waals surface area (Å²) in [6, 6.07) is 7.94. The van der Waals surface area contributed by atoms with Crippen LogP contribution in [0.15, 0.2) is 18.2 Å². The van der Waals surface area contributed by atoms with Gasteiger partial charge in [0, 0.05) is 17.1 Å². The Bertz CT molecular complexity index is 346. The van der Waals surface area contributed by atoms with Gasteiger partial charge in [-0.1, -0.05) is 12.1 Å². The molecule has 2 heteroatoms. The maximum absolute atomic E-state index is 13.6. The zero-order valence-electron chi connectivity index (χ0n) is 9.31. The molecule has 1 fully saturated rings. The quantitative estimate of drug-likeness (QED) is 0.744. The van der Waals surface area contributed by atoms with Crippen LogP contribution >= 0.6 is 0 Å². The number of nitrogens with one attached hydrogen (secondary N) is 1. The molecule has 1 radical (unpaired) electrons. The molecule has 1 nitrogen and oxygen atoms in total. The van der Waals surface area contributed by atoms with Crippen LogP contribution in [0.25, 0.3) is 0 Å². The summed E-state index contributed by atoms with van der Waals surface area (Å²) in [5.74, 6) is -0.146. The van der Waals surface area contributed by atoms with E-state index in [2.05, 4.69) is 25.2 Å². The highest BCUT2D eigenvalue weighted by molar-refractivity contribution is 5.21. The van der Waals surface area contributed by atoms with Crippen LogP contribution in [0.3, 0.4) is 0 Å². The van der Waals surface area contributed by atoms with Crippen molar-refractivity contribution in [2.75, 3.05) is 0 Å². The molecule has 1 aromatic rings. The molecule has 1 N–H and O–H groups in total. The van der Waals surface area contributed by atoms with E-state index in [9.17, 15) is 4.39 Å².